The number of hydroxylamine groups is 1. The maximum absolute atomic E-state index is 12.0. The number of methoxy groups -OCH3 is 1. The van der Waals surface area contributed by atoms with E-state index >= 15 is 0 Å². The van der Waals surface area contributed by atoms with Crippen LogP contribution in [0.15, 0.2) is 24.3 Å². The average Bonchev–Trinajstić information content (AvgIpc) is 2.87. The molecule has 108 valence electrons. The highest BCUT2D eigenvalue weighted by atomic mass is 16.6. The highest BCUT2D eigenvalue weighted by Crippen LogP contribution is 2.26. The summed E-state index contributed by atoms with van der Waals surface area (Å²) in [6.45, 7) is 2.54. The van der Waals surface area contributed by atoms with Crippen LogP contribution < -0.4 is 15.1 Å². The third-order valence-corrected chi connectivity index (χ3v) is 3.20. The number of rotatable bonds is 5. The molecule has 1 aromatic rings. The van der Waals surface area contributed by atoms with Crippen LogP contribution in [0, 0.1) is 5.92 Å². The van der Waals surface area contributed by atoms with Gasteiger partial charge < -0.3 is 9.64 Å². The zero-order chi connectivity index (χ0) is 14.5. The molecule has 0 aliphatic carbocycles. The molecule has 0 radical (unpaired) electrons. The van der Waals surface area contributed by atoms with Crippen molar-refractivity contribution in [2.45, 2.75) is 13.3 Å². The van der Waals surface area contributed by atoms with Crippen LogP contribution in [0.25, 0.3) is 0 Å². The highest BCUT2D eigenvalue weighted by Gasteiger charge is 2.35. The molecule has 1 N–H and O–H groups in total. The van der Waals surface area contributed by atoms with Gasteiger partial charge in [0, 0.05) is 18.7 Å². The average molecular weight is 278 g/mol. The van der Waals surface area contributed by atoms with Crippen molar-refractivity contribution < 1.29 is 19.2 Å². The summed E-state index contributed by atoms with van der Waals surface area (Å²) in [7, 11) is 1.59. The van der Waals surface area contributed by atoms with Crippen LogP contribution >= 0.6 is 0 Å². The number of carbonyl (C=O) groups excluding carboxylic acids is 2. The van der Waals surface area contributed by atoms with Gasteiger partial charge in [0.1, 0.15) is 5.75 Å². The maximum atomic E-state index is 12.0. The van der Waals surface area contributed by atoms with Crippen LogP contribution in [-0.4, -0.2) is 32.1 Å². The zero-order valence-corrected chi connectivity index (χ0v) is 11.6. The summed E-state index contributed by atoms with van der Waals surface area (Å²) in [6.07, 6.45) is 0.199. The molecule has 1 fully saturated rings. The number of hydrogen-bond acceptors (Lipinski definition) is 4. The Morgan fingerprint density at radius 1 is 1.40 bits per heavy atom. The first-order valence-corrected chi connectivity index (χ1v) is 6.51. The van der Waals surface area contributed by atoms with Crippen LogP contribution in [0.5, 0.6) is 5.75 Å². The largest absolute Gasteiger partial charge is 0.497 e. The first-order chi connectivity index (χ1) is 9.65. The van der Waals surface area contributed by atoms with Crippen LogP contribution in [0.3, 0.4) is 0 Å². The number of anilines is 1. The summed E-state index contributed by atoms with van der Waals surface area (Å²) in [6, 6.07) is 7.19. The molecule has 1 heterocycles. The topological polar surface area (TPSA) is 67.9 Å². The minimum absolute atomic E-state index is 0.0631. The standard InChI is InChI=1S/C14H18N2O4/c1-3-20-15-14(18)10-8-13(17)16(9-10)11-4-6-12(19-2)7-5-11/h4-7,10H,3,8-9H2,1-2H3,(H,15,18). The summed E-state index contributed by atoms with van der Waals surface area (Å²) in [5.74, 6) is 0.0326. The zero-order valence-electron chi connectivity index (χ0n) is 11.6. The van der Waals surface area contributed by atoms with Crippen molar-refractivity contribution >= 4 is 17.5 Å². The number of carbonyl (C=O) groups is 2. The molecule has 1 aliphatic heterocycles. The Morgan fingerprint density at radius 3 is 2.70 bits per heavy atom. The molecule has 1 aliphatic rings. The van der Waals surface area contributed by atoms with E-state index in [0.717, 1.165) is 11.4 Å². The van der Waals surface area contributed by atoms with E-state index in [1.807, 2.05) is 0 Å². The van der Waals surface area contributed by atoms with E-state index in [1.165, 1.54) is 0 Å². The van der Waals surface area contributed by atoms with Crippen molar-refractivity contribution in [3.63, 3.8) is 0 Å². The van der Waals surface area contributed by atoms with Crippen LogP contribution in [0.2, 0.25) is 0 Å². The van der Waals surface area contributed by atoms with E-state index in [4.69, 9.17) is 9.57 Å². The van der Waals surface area contributed by atoms with E-state index in [0.29, 0.717) is 13.2 Å². The predicted octanol–water partition coefficient (Wildman–Crippen LogP) is 1.12. The minimum Gasteiger partial charge on any atom is -0.497 e. The number of benzene rings is 1. The Hall–Kier alpha value is -2.08. The molecule has 1 unspecified atom stereocenters. The first kappa shape index (κ1) is 14.3. The molecular formula is C14H18N2O4. The van der Waals surface area contributed by atoms with E-state index in [9.17, 15) is 9.59 Å². The predicted molar refractivity (Wildman–Crippen MR) is 73.2 cm³/mol. The van der Waals surface area contributed by atoms with Crippen molar-refractivity contribution in [3.05, 3.63) is 24.3 Å². The van der Waals surface area contributed by atoms with E-state index in [1.54, 1.807) is 43.2 Å². The van der Waals surface area contributed by atoms with Crippen molar-refractivity contribution in [1.29, 1.82) is 0 Å². The van der Waals surface area contributed by atoms with Crippen molar-refractivity contribution in [3.8, 4) is 5.75 Å². The van der Waals surface area contributed by atoms with Gasteiger partial charge in [-0.25, -0.2) is 5.48 Å². The number of ether oxygens (including phenoxy) is 1. The molecule has 0 saturated carbocycles. The lowest BCUT2D eigenvalue weighted by Gasteiger charge is -2.17. The van der Waals surface area contributed by atoms with Gasteiger partial charge in [0.2, 0.25) is 11.8 Å². The summed E-state index contributed by atoms with van der Waals surface area (Å²) < 4.78 is 5.08. The monoisotopic (exact) mass is 278 g/mol. The molecule has 2 amide bonds. The van der Waals surface area contributed by atoms with Gasteiger partial charge in [0.15, 0.2) is 0 Å². The van der Waals surface area contributed by atoms with Crippen LogP contribution in [0.4, 0.5) is 5.69 Å². The molecule has 6 nitrogen and oxygen atoms in total. The number of nitrogens with zero attached hydrogens (tertiary/aromatic N) is 1. The molecule has 20 heavy (non-hydrogen) atoms. The second kappa shape index (κ2) is 6.38. The van der Waals surface area contributed by atoms with Gasteiger partial charge in [-0.3, -0.25) is 14.4 Å². The molecule has 1 aromatic carbocycles. The Labute approximate surface area is 117 Å². The SMILES string of the molecule is CCONC(=O)C1CC(=O)N(c2ccc(OC)cc2)C1. The molecule has 0 aromatic heterocycles. The van der Waals surface area contributed by atoms with Gasteiger partial charge in [0.05, 0.1) is 19.6 Å². The highest BCUT2D eigenvalue weighted by molar-refractivity contribution is 6.00. The number of nitrogens with one attached hydrogen (secondary N) is 1. The normalized spacial score (nSPS) is 18.2. The summed E-state index contributed by atoms with van der Waals surface area (Å²) in [4.78, 5) is 30.3. The van der Waals surface area contributed by atoms with Gasteiger partial charge in [-0.05, 0) is 31.2 Å². The third kappa shape index (κ3) is 3.08. The molecule has 1 saturated heterocycles. The van der Waals surface area contributed by atoms with E-state index < -0.39 is 0 Å². The fraction of sp³-hybridized carbons (Fsp3) is 0.429. The second-order valence-corrected chi connectivity index (χ2v) is 4.50. The molecule has 0 bridgehead atoms. The van der Waals surface area contributed by atoms with Gasteiger partial charge in [-0.15, -0.1) is 0 Å². The summed E-state index contributed by atoms with van der Waals surface area (Å²) in [5.41, 5.74) is 3.11. The Kier molecular flexibility index (Phi) is 4.57. The lowest BCUT2D eigenvalue weighted by atomic mass is 10.1. The molecular weight excluding hydrogens is 260 g/mol. The van der Waals surface area contributed by atoms with Crippen molar-refractivity contribution in [1.82, 2.24) is 5.48 Å². The van der Waals surface area contributed by atoms with Gasteiger partial charge in [-0.1, -0.05) is 0 Å². The first-order valence-electron chi connectivity index (χ1n) is 6.51. The van der Waals surface area contributed by atoms with Crippen LogP contribution in [0.1, 0.15) is 13.3 Å². The van der Waals surface area contributed by atoms with E-state index in [-0.39, 0.29) is 24.2 Å². The Bertz CT molecular complexity index is 486. The molecule has 1 atom stereocenters. The fourth-order valence-corrected chi connectivity index (χ4v) is 2.12. The van der Waals surface area contributed by atoms with Gasteiger partial charge in [0.25, 0.3) is 0 Å². The fourth-order valence-electron chi connectivity index (χ4n) is 2.12. The lowest BCUT2D eigenvalue weighted by molar-refractivity contribution is -0.137. The Balaban J connectivity index is 2.03. The van der Waals surface area contributed by atoms with Crippen LogP contribution in [-0.2, 0) is 14.4 Å². The van der Waals surface area contributed by atoms with Gasteiger partial charge >= 0.3 is 0 Å². The van der Waals surface area contributed by atoms with E-state index in [2.05, 4.69) is 5.48 Å². The van der Waals surface area contributed by atoms with Crippen molar-refractivity contribution in [2.75, 3.05) is 25.2 Å². The van der Waals surface area contributed by atoms with Gasteiger partial charge in [-0.2, -0.15) is 0 Å². The third-order valence-electron chi connectivity index (χ3n) is 3.20. The lowest BCUT2D eigenvalue weighted by Crippen LogP contribution is -2.33. The second-order valence-electron chi connectivity index (χ2n) is 4.50. The summed E-state index contributed by atoms with van der Waals surface area (Å²) in [5, 5.41) is 0. The quantitative estimate of drug-likeness (QED) is 0.819. The molecule has 2 rings (SSSR count). The number of amides is 2. The number of hydrogen-bond donors (Lipinski definition) is 1. The molecule has 0 spiro atoms. The summed E-state index contributed by atoms with van der Waals surface area (Å²) >= 11 is 0. The molecule has 6 heteroatoms. The Morgan fingerprint density at radius 2 is 2.10 bits per heavy atom. The smallest absolute Gasteiger partial charge is 0.248 e. The maximum Gasteiger partial charge on any atom is 0.248 e. The van der Waals surface area contributed by atoms with Crippen molar-refractivity contribution in [2.24, 2.45) is 5.92 Å². The minimum atomic E-state index is -0.379.